The lowest BCUT2D eigenvalue weighted by Gasteiger charge is -2.25. The fraction of sp³-hybridized carbons (Fsp3) is 0.455. The molecule has 0 fully saturated rings. The maximum Gasteiger partial charge on any atom is 0.123 e. The molecule has 0 aliphatic carbocycles. The second kappa shape index (κ2) is 4.27. The standard InChI is InChI=1S/C11H12ClIO/c1-2-7-8(12)3-4-10-11(7)9(13)5-6-14-10/h3-4,9H,2,5-6H2,1H3. The molecule has 3 heteroatoms. The molecule has 1 aliphatic heterocycles. The van der Waals surface area contributed by atoms with Crippen LogP contribution in [-0.2, 0) is 6.42 Å². The maximum atomic E-state index is 6.17. The van der Waals surface area contributed by atoms with Gasteiger partial charge in [0.05, 0.1) is 6.61 Å². The van der Waals surface area contributed by atoms with Crippen molar-refractivity contribution >= 4 is 34.2 Å². The first kappa shape index (κ1) is 10.6. The van der Waals surface area contributed by atoms with E-state index < -0.39 is 0 Å². The molecule has 0 spiro atoms. The fourth-order valence-corrected chi connectivity index (χ4v) is 3.10. The molecule has 0 aromatic heterocycles. The lowest BCUT2D eigenvalue weighted by Crippen LogP contribution is -2.12. The molecule has 0 amide bonds. The maximum absolute atomic E-state index is 6.17. The highest BCUT2D eigenvalue weighted by Crippen LogP contribution is 2.42. The van der Waals surface area contributed by atoms with Gasteiger partial charge in [-0.05, 0) is 30.5 Å². The van der Waals surface area contributed by atoms with Gasteiger partial charge in [0.2, 0.25) is 0 Å². The van der Waals surface area contributed by atoms with Crippen LogP contribution in [0.2, 0.25) is 5.02 Å². The van der Waals surface area contributed by atoms with E-state index in [1.54, 1.807) is 0 Å². The largest absolute Gasteiger partial charge is 0.493 e. The zero-order valence-electron chi connectivity index (χ0n) is 8.02. The van der Waals surface area contributed by atoms with Crippen LogP contribution in [0.15, 0.2) is 12.1 Å². The Morgan fingerprint density at radius 1 is 1.57 bits per heavy atom. The van der Waals surface area contributed by atoms with E-state index in [0.29, 0.717) is 3.92 Å². The van der Waals surface area contributed by atoms with Gasteiger partial charge in [-0.1, -0.05) is 41.1 Å². The average Bonchev–Trinajstić information content (AvgIpc) is 2.19. The van der Waals surface area contributed by atoms with Crippen molar-refractivity contribution in [2.75, 3.05) is 6.61 Å². The summed E-state index contributed by atoms with van der Waals surface area (Å²) >= 11 is 8.64. The minimum atomic E-state index is 0.546. The van der Waals surface area contributed by atoms with Gasteiger partial charge >= 0.3 is 0 Å². The Morgan fingerprint density at radius 3 is 3.07 bits per heavy atom. The Morgan fingerprint density at radius 2 is 2.36 bits per heavy atom. The summed E-state index contributed by atoms with van der Waals surface area (Å²) in [5.41, 5.74) is 2.56. The molecule has 2 rings (SSSR count). The average molecular weight is 323 g/mol. The molecule has 1 aromatic carbocycles. The highest BCUT2D eigenvalue weighted by atomic mass is 127. The molecule has 14 heavy (non-hydrogen) atoms. The lowest BCUT2D eigenvalue weighted by molar-refractivity contribution is 0.288. The summed E-state index contributed by atoms with van der Waals surface area (Å²) in [6.45, 7) is 2.96. The van der Waals surface area contributed by atoms with E-state index >= 15 is 0 Å². The van der Waals surface area contributed by atoms with Crippen LogP contribution in [0.1, 0.15) is 28.4 Å². The van der Waals surface area contributed by atoms with Gasteiger partial charge in [0.15, 0.2) is 0 Å². The van der Waals surface area contributed by atoms with E-state index in [-0.39, 0.29) is 0 Å². The molecule has 1 heterocycles. The van der Waals surface area contributed by atoms with E-state index in [2.05, 4.69) is 29.5 Å². The van der Waals surface area contributed by atoms with Crippen molar-refractivity contribution in [1.29, 1.82) is 0 Å². The predicted molar refractivity (Wildman–Crippen MR) is 67.7 cm³/mol. The summed E-state index contributed by atoms with van der Waals surface area (Å²) in [6.07, 6.45) is 2.06. The zero-order valence-corrected chi connectivity index (χ0v) is 10.9. The second-order valence-electron chi connectivity index (χ2n) is 3.40. The molecule has 0 saturated carbocycles. The number of ether oxygens (including phenoxy) is 1. The van der Waals surface area contributed by atoms with Crippen LogP contribution >= 0.6 is 34.2 Å². The monoisotopic (exact) mass is 322 g/mol. The van der Waals surface area contributed by atoms with Crippen LogP contribution in [0.5, 0.6) is 5.75 Å². The Kier molecular flexibility index (Phi) is 3.22. The Balaban J connectivity index is 2.57. The van der Waals surface area contributed by atoms with Crippen LogP contribution < -0.4 is 4.74 Å². The van der Waals surface area contributed by atoms with Crippen molar-refractivity contribution in [3.8, 4) is 5.75 Å². The number of rotatable bonds is 1. The number of hydrogen-bond donors (Lipinski definition) is 0. The number of benzene rings is 1. The van der Waals surface area contributed by atoms with E-state index in [1.165, 1.54) is 11.1 Å². The first-order chi connectivity index (χ1) is 6.74. The normalized spacial score (nSPS) is 20.1. The molecular formula is C11H12ClIO. The van der Waals surface area contributed by atoms with E-state index in [9.17, 15) is 0 Å². The van der Waals surface area contributed by atoms with Crippen molar-refractivity contribution in [1.82, 2.24) is 0 Å². The van der Waals surface area contributed by atoms with Gasteiger partial charge in [-0.25, -0.2) is 0 Å². The van der Waals surface area contributed by atoms with Gasteiger partial charge in [0, 0.05) is 14.5 Å². The van der Waals surface area contributed by atoms with Gasteiger partial charge in [-0.3, -0.25) is 0 Å². The highest BCUT2D eigenvalue weighted by molar-refractivity contribution is 14.1. The van der Waals surface area contributed by atoms with Gasteiger partial charge < -0.3 is 4.74 Å². The third kappa shape index (κ3) is 1.74. The molecule has 0 bridgehead atoms. The predicted octanol–water partition coefficient (Wildman–Crippen LogP) is 4.16. The summed E-state index contributed by atoms with van der Waals surface area (Å²) in [4.78, 5) is 0. The molecular weight excluding hydrogens is 310 g/mol. The second-order valence-corrected chi connectivity index (χ2v) is 5.31. The first-order valence-corrected chi connectivity index (χ1v) is 6.44. The van der Waals surface area contributed by atoms with Crippen LogP contribution in [0, 0.1) is 0 Å². The molecule has 0 radical (unpaired) electrons. The van der Waals surface area contributed by atoms with Crippen LogP contribution in [-0.4, -0.2) is 6.61 Å². The molecule has 0 saturated heterocycles. The third-order valence-corrected chi connectivity index (χ3v) is 4.16. The van der Waals surface area contributed by atoms with Gasteiger partial charge in [-0.15, -0.1) is 0 Å². The van der Waals surface area contributed by atoms with Gasteiger partial charge in [0.25, 0.3) is 0 Å². The summed E-state index contributed by atoms with van der Waals surface area (Å²) < 4.78 is 6.17. The van der Waals surface area contributed by atoms with Crippen LogP contribution in [0.4, 0.5) is 0 Å². The van der Waals surface area contributed by atoms with Gasteiger partial charge in [0.1, 0.15) is 5.75 Å². The van der Waals surface area contributed by atoms with Crippen LogP contribution in [0.3, 0.4) is 0 Å². The molecule has 0 N–H and O–H groups in total. The third-order valence-electron chi connectivity index (χ3n) is 2.56. The SMILES string of the molecule is CCc1c(Cl)ccc2c1C(I)CCO2. The summed E-state index contributed by atoms with van der Waals surface area (Å²) in [5.74, 6) is 1.02. The minimum absolute atomic E-state index is 0.546. The zero-order chi connectivity index (χ0) is 10.1. The Bertz CT molecular complexity index is 351. The van der Waals surface area contributed by atoms with Crippen LogP contribution in [0.25, 0.3) is 0 Å². The van der Waals surface area contributed by atoms with Crippen molar-refractivity contribution < 1.29 is 4.74 Å². The van der Waals surface area contributed by atoms with Crippen molar-refractivity contribution in [2.24, 2.45) is 0 Å². The quantitative estimate of drug-likeness (QED) is 0.557. The summed E-state index contributed by atoms with van der Waals surface area (Å²) in [7, 11) is 0. The lowest BCUT2D eigenvalue weighted by atomic mass is 9.98. The topological polar surface area (TPSA) is 9.23 Å². The summed E-state index contributed by atoms with van der Waals surface area (Å²) in [6, 6.07) is 3.93. The minimum Gasteiger partial charge on any atom is -0.493 e. The Labute approximate surface area is 103 Å². The number of fused-ring (bicyclic) bond motifs is 1. The van der Waals surface area contributed by atoms with Gasteiger partial charge in [-0.2, -0.15) is 0 Å². The highest BCUT2D eigenvalue weighted by Gasteiger charge is 2.22. The van der Waals surface area contributed by atoms with Crippen molar-refractivity contribution in [3.63, 3.8) is 0 Å². The molecule has 1 aliphatic rings. The Hall–Kier alpha value is 0.0400. The van der Waals surface area contributed by atoms with Crippen molar-refractivity contribution in [3.05, 3.63) is 28.3 Å². The number of halogens is 2. The molecule has 1 unspecified atom stereocenters. The molecule has 1 atom stereocenters. The van der Waals surface area contributed by atoms with Crippen molar-refractivity contribution in [2.45, 2.75) is 23.7 Å². The van der Waals surface area contributed by atoms with E-state index in [4.69, 9.17) is 16.3 Å². The number of hydrogen-bond acceptors (Lipinski definition) is 1. The number of alkyl halides is 1. The van der Waals surface area contributed by atoms with E-state index in [0.717, 1.165) is 30.2 Å². The molecule has 1 nitrogen and oxygen atoms in total. The molecule has 76 valence electrons. The first-order valence-electron chi connectivity index (χ1n) is 4.82. The van der Waals surface area contributed by atoms with E-state index in [1.807, 2.05) is 12.1 Å². The summed E-state index contributed by atoms with van der Waals surface area (Å²) in [5, 5.41) is 0.874. The smallest absolute Gasteiger partial charge is 0.123 e. The molecule has 1 aromatic rings. The fourth-order valence-electron chi connectivity index (χ4n) is 1.86.